The first-order chi connectivity index (χ1) is 10.1. The molecule has 0 aliphatic heterocycles. The summed E-state index contributed by atoms with van der Waals surface area (Å²) in [5.41, 5.74) is 1.59. The van der Waals surface area contributed by atoms with Crippen molar-refractivity contribution in [2.45, 2.75) is 13.5 Å². The summed E-state index contributed by atoms with van der Waals surface area (Å²) in [7, 11) is 0. The summed E-state index contributed by atoms with van der Waals surface area (Å²) in [6.45, 7) is 2.01. The van der Waals surface area contributed by atoms with E-state index in [1.807, 2.05) is 30.3 Å². The molecular formula is C14H12N4O3. The fraction of sp³-hybridized carbons (Fsp3) is 0.143. The molecule has 0 unspecified atom stereocenters. The maximum Gasteiger partial charge on any atom is 0.371 e. The van der Waals surface area contributed by atoms with E-state index in [9.17, 15) is 4.79 Å². The maximum absolute atomic E-state index is 10.9. The van der Waals surface area contributed by atoms with Crippen LogP contribution < -0.4 is 0 Å². The molecule has 0 atom stereocenters. The van der Waals surface area contributed by atoms with Gasteiger partial charge in [0, 0.05) is 11.1 Å². The van der Waals surface area contributed by atoms with E-state index in [1.54, 1.807) is 6.92 Å². The molecule has 3 rings (SSSR count). The van der Waals surface area contributed by atoms with Gasteiger partial charge in [0.25, 0.3) is 0 Å². The van der Waals surface area contributed by atoms with Crippen LogP contribution in [0.1, 0.15) is 21.9 Å². The number of hydrogen-bond donors (Lipinski definition) is 1. The van der Waals surface area contributed by atoms with Crippen LogP contribution in [-0.4, -0.2) is 31.3 Å². The number of carboxylic acids is 1. The summed E-state index contributed by atoms with van der Waals surface area (Å²) in [4.78, 5) is 12.3. The lowest BCUT2D eigenvalue weighted by atomic mass is 10.2. The average molecular weight is 284 g/mol. The molecule has 3 aromatic rings. The van der Waals surface area contributed by atoms with Gasteiger partial charge < -0.3 is 9.52 Å². The first-order valence-corrected chi connectivity index (χ1v) is 6.29. The first-order valence-electron chi connectivity index (χ1n) is 6.29. The number of tetrazole rings is 1. The average Bonchev–Trinajstić information content (AvgIpc) is 3.08. The van der Waals surface area contributed by atoms with Crippen molar-refractivity contribution >= 4 is 5.97 Å². The van der Waals surface area contributed by atoms with Crippen LogP contribution in [0.2, 0.25) is 0 Å². The summed E-state index contributed by atoms with van der Waals surface area (Å²) in [6.07, 6.45) is 0. The number of aromatic carboxylic acids is 1. The molecule has 7 nitrogen and oxygen atoms in total. The molecule has 1 aromatic carbocycles. The fourth-order valence-electron chi connectivity index (χ4n) is 1.95. The van der Waals surface area contributed by atoms with Crippen LogP contribution in [0, 0.1) is 6.92 Å². The largest absolute Gasteiger partial charge is 0.475 e. The molecule has 1 N–H and O–H groups in total. The molecule has 0 amide bonds. The smallest absolute Gasteiger partial charge is 0.371 e. The minimum atomic E-state index is -1.10. The Hall–Kier alpha value is -2.96. The molecule has 2 aromatic heterocycles. The zero-order valence-electron chi connectivity index (χ0n) is 11.2. The highest BCUT2D eigenvalue weighted by Gasteiger charge is 2.14. The van der Waals surface area contributed by atoms with Crippen molar-refractivity contribution < 1.29 is 14.3 Å². The number of rotatable bonds is 4. The van der Waals surface area contributed by atoms with Crippen molar-refractivity contribution in [2.75, 3.05) is 0 Å². The van der Waals surface area contributed by atoms with Crippen LogP contribution in [-0.2, 0) is 6.54 Å². The molecule has 0 aliphatic carbocycles. The van der Waals surface area contributed by atoms with E-state index in [0.29, 0.717) is 23.7 Å². The lowest BCUT2D eigenvalue weighted by Gasteiger charge is -1.96. The number of carboxylic acid groups (broad SMARTS) is 1. The normalized spacial score (nSPS) is 10.7. The third kappa shape index (κ3) is 2.66. The second kappa shape index (κ2) is 5.20. The van der Waals surface area contributed by atoms with Gasteiger partial charge in [0.2, 0.25) is 11.6 Å². The van der Waals surface area contributed by atoms with E-state index in [2.05, 4.69) is 15.4 Å². The number of carbonyl (C=O) groups is 1. The predicted molar refractivity (Wildman–Crippen MR) is 72.8 cm³/mol. The Kier molecular flexibility index (Phi) is 3.23. The van der Waals surface area contributed by atoms with Crippen molar-refractivity contribution in [1.29, 1.82) is 0 Å². The molecular weight excluding hydrogens is 272 g/mol. The monoisotopic (exact) mass is 284 g/mol. The standard InChI is InChI=1S/C14H12N4O3/c1-9-11(7-12(21-9)14(19)20)8-18-16-13(15-17-18)10-5-3-2-4-6-10/h2-7H,8H2,1H3,(H,19,20). The van der Waals surface area contributed by atoms with Crippen molar-refractivity contribution in [3.63, 3.8) is 0 Å². The van der Waals surface area contributed by atoms with E-state index in [4.69, 9.17) is 9.52 Å². The van der Waals surface area contributed by atoms with Crippen LogP contribution in [0.3, 0.4) is 0 Å². The Morgan fingerprint density at radius 2 is 2.10 bits per heavy atom. The number of aromatic nitrogens is 4. The molecule has 21 heavy (non-hydrogen) atoms. The summed E-state index contributed by atoms with van der Waals surface area (Å²) in [5.74, 6) is -0.132. The lowest BCUT2D eigenvalue weighted by molar-refractivity contribution is 0.0661. The van der Waals surface area contributed by atoms with Crippen molar-refractivity contribution in [2.24, 2.45) is 0 Å². The van der Waals surface area contributed by atoms with Gasteiger partial charge in [-0.15, -0.1) is 10.2 Å². The Bertz CT molecular complexity index is 777. The highest BCUT2D eigenvalue weighted by molar-refractivity contribution is 5.84. The van der Waals surface area contributed by atoms with Crippen LogP contribution in [0.25, 0.3) is 11.4 Å². The van der Waals surface area contributed by atoms with Gasteiger partial charge >= 0.3 is 5.97 Å². The summed E-state index contributed by atoms with van der Waals surface area (Å²) in [5, 5.41) is 21.1. The minimum absolute atomic E-state index is 0.0918. The molecule has 0 spiro atoms. The third-order valence-corrected chi connectivity index (χ3v) is 3.03. The SMILES string of the molecule is Cc1oc(C(=O)O)cc1Cn1nnc(-c2ccccc2)n1. The van der Waals surface area contributed by atoms with Crippen LogP contribution in [0.5, 0.6) is 0 Å². The van der Waals surface area contributed by atoms with E-state index in [0.717, 1.165) is 5.56 Å². The lowest BCUT2D eigenvalue weighted by Crippen LogP contribution is -2.04. The van der Waals surface area contributed by atoms with Crippen molar-refractivity contribution in [1.82, 2.24) is 20.2 Å². The number of nitrogens with zero attached hydrogens (tertiary/aromatic N) is 4. The molecule has 0 aliphatic rings. The second-order valence-corrected chi connectivity index (χ2v) is 4.51. The van der Waals surface area contributed by atoms with Gasteiger partial charge in [-0.25, -0.2) is 4.79 Å². The number of aryl methyl sites for hydroxylation is 1. The van der Waals surface area contributed by atoms with E-state index in [-0.39, 0.29) is 5.76 Å². The molecule has 0 bridgehead atoms. The fourth-order valence-corrected chi connectivity index (χ4v) is 1.95. The second-order valence-electron chi connectivity index (χ2n) is 4.51. The molecule has 2 heterocycles. The van der Waals surface area contributed by atoms with E-state index < -0.39 is 5.97 Å². The predicted octanol–water partition coefficient (Wildman–Crippen LogP) is 1.99. The summed E-state index contributed by atoms with van der Waals surface area (Å²) < 4.78 is 5.15. The zero-order valence-corrected chi connectivity index (χ0v) is 11.2. The van der Waals surface area contributed by atoms with Gasteiger partial charge in [0.1, 0.15) is 5.76 Å². The summed E-state index contributed by atoms with van der Waals surface area (Å²) in [6, 6.07) is 11.0. The Labute approximate surface area is 119 Å². The first kappa shape index (κ1) is 13.0. The summed E-state index contributed by atoms with van der Waals surface area (Å²) >= 11 is 0. The van der Waals surface area contributed by atoms with E-state index >= 15 is 0 Å². The van der Waals surface area contributed by atoms with Gasteiger partial charge in [-0.2, -0.15) is 4.80 Å². The quantitative estimate of drug-likeness (QED) is 0.787. The van der Waals surface area contributed by atoms with E-state index in [1.165, 1.54) is 10.9 Å². The molecule has 7 heteroatoms. The number of benzene rings is 1. The van der Waals surface area contributed by atoms with Gasteiger partial charge in [0.05, 0.1) is 6.54 Å². The zero-order chi connectivity index (χ0) is 14.8. The molecule has 0 fully saturated rings. The van der Waals surface area contributed by atoms with Crippen LogP contribution in [0.15, 0.2) is 40.8 Å². The van der Waals surface area contributed by atoms with Gasteiger partial charge in [-0.1, -0.05) is 30.3 Å². The third-order valence-electron chi connectivity index (χ3n) is 3.03. The number of hydrogen-bond acceptors (Lipinski definition) is 5. The van der Waals surface area contributed by atoms with Crippen LogP contribution in [0.4, 0.5) is 0 Å². The van der Waals surface area contributed by atoms with Crippen molar-refractivity contribution in [3.8, 4) is 11.4 Å². The highest BCUT2D eigenvalue weighted by atomic mass is 16.4. The Morgan fingerprint density at radius 1 is 1.33 bits per heavy atom. The minimum Gasteiger partial charge on any atom is -0.475 e. The molecule has 0 radical (unpaired) electrons. The Balaban J connectivity index is 1.83. The molecule has 0 saturated carbocycles. The highest BCUT2D eigenvalue weighted by Crippen LogP contribution is 2.16. The molecule has 0 saturated heterocycles. The van der Waals surface area contributed by atoms with Gasteiger partial charge in [0.15, 0.2) is 0 Å². The van der Waals surface area contributed by atoms with Gasteiger partial charge in [-0.3, -0.25) is 0 Å². The van der Waals surface area contributed by atoms with Gasteiger partial charge in [-0.05, 0) is 18.2 Å². The van der Waals surface area contributed by atoms with Crippen LogP contribution >= 0.6 is 0 Å². The maximum atomic E-state index is 10.9. The van der Waals surface area contributed by atoms with Crippen molar-refractivity contribution in [3.05, 3.63) is 53.5 Å². The number of furan rings is 1. The topological polar surface area (TPSA) is 94.0 Å². The Morgan fingerprint density at radius 3 is 2.76 bits per heavy atom. The molecule has 106 valence electrons.